The minimum atomic E-state index is -1.57. The molecule has 0 heterocycles. The summed E-state index contributed by atoms with van der Waals surface area (Å²) in [4.78, 5) is 0. The van der Waals surface area contributed by atoms with Crippen LogP contribution in [0.1, 0.15) is 80.1 Å². The molecule has 21 heavy (non-hydrogen) atoms. The quantitative estimate of drug-likeness (QED) is 0.465. The van der Waals surface area contributed by atoms with Crippen LogP contribution in [-0.2, 0) is 8.85 Å². The van der Waals surface area contributed by atoms with Crippen LogP contribution in [0.2, 0.25) is 5.54 Å². The van der Waals surface area contributed by atoms with E-state index >= 15 is 0 Å². The summed E-state index contributed by atoms with van der Waals surface area (Å²) in [6.45, 7) is 14.2. The lowest BCUT2D eigenvalue weighted by atomic mass is 9.68. The van der Waals surface area contributed by atoms with Crippen molar-refractivity contribution in [3.8, 4) is 0 Å². The Balaban J connectivity index is 5.42. The lowest BCUT2D eigenvalue weighted by Gasteiger charge is -2.42. The SMILES string of the molecule is CCCC(C(CCC)[SiH](OC)OC)C(CCC)C(C)(C)C. The molecule has 0 spiro atoms. The zero-order valence-electron chi connectivity index (χ0n) is 15.9. The summed E-state index contributed by atoms with van der Waals surface area (Å²) in [5.74, 6) is 1.51. The van der Waals surface area contributed by atoms with Gasteiger partial charge in [0.1, 0.15) is 0 Å². The average molecular weight is 317 g/mol. The highest BCUT2D eigenvalue weighted by Crippen LogP contribution is 2.46. The van der Waals surface area contributed by atoms with Crippen LogP contribution in [0.3, 0.4) is 0 Å². The van der Waals surface area contributed by atoms with Crippen LogP contribution in [0.5, 0.6) is 0 Å². The first-order chi connectivity index (χ1) is 9.87. The molecule has 0 aromatic rings. The predicted octanol–water partition coefficient (Wildman–Crippen LogP) is 5.55. The molecule has 0 radical (unpaired) electrons. The average Bonchev–Trinajstić information content (AvgIpc) is 2.42. The van der Waals surface area contributed by atoms with E-state index in [1.165, 1.54) is 38.5 Å². The van der Waals surface area contributed by atoms with Crippen molar-refractivity contribution in [2.24, 2.45) is 17.3 Å². The van der Waals surface area contributed by atoms with Crippen LogP contribution in [-0.4, -0.2) is 23.5 Å². The molecule has 0 N–H and O–H groups in total. The van der Waals surface area contributed by atoms with E-state index in [-0.39, 0.29) is 0 Å². The molecule has 0 aromatic heterocycles. The summed E-state index contributed by atoms with van der Waals surface area (Å²) >= 11 is 0. The van der Waals surface area contributed by atoms with Crippen LogP contribution in [0.4, 0.5) is 0 Å². The summed E-state index contributed by atoms with van der Waals surface area (Å²) in [6, 6.07) is 0. The van der Waals surface area contributed by atoms with Gasteiger partial charge in [0.25, 0.3) is 0 Å². The third kappa shape index (κ3) is 6.83. The van der Waals surface area contributed by atoms with Crippen molar-refractivity contribution in [3.63, 3.8) is 0 Å². The summed E-state index contributed by atoms with van der Waals surface area (Å²) in [7, 11) is 2.12. The van der Waals surface area contributed by atoms with Crippen molar-refractivity contribution in [2.45, 2.75) is 85.6 Å². The van der Waals surface area contributed by atoms with Gasteiger partial charge < -0.3 is 8.85 Å². The molecule has 128 valence electrons. The second-order valence-corrected chi connectivity index (χ2v) is 10.0. The van der Waals surface area contributed by atoms with E-state index < -0.39 is 9.28 Å². The Kier molecular flexibility index (Phi) is 10.9. The van der Waals surface area contributed by atoms with Gasteiger partial charge in [0.2, 0.25) is 0 Å². The first kappa shape index (κ1) is 21.1. The van der Waals surface area contributed by atoms with Crippen LogP contribution < -0.4 is 0 Å². The highest BCUT2D eigenvalue weighted by molar-refractivity contribution is 6.46. The largest absolute Gasteiger partial charge is 0.400 e. The Hall–Kier alpha value is 0.137. The molecule has 0 saturated heterocycles. The first-order valence-corrected chi connectivity index (χ1v) is 10.5. The molecule has 0 aliphatic carbocycles. The van der Waals surface area contributed by atoms with Crippen molar-refractivity contribution in [3.05, 3.63) is 0 Å². The first-order valence-electron chi connectivity index (χ1n) is 8.92. The minimum Gasteiger partial charge on any atom is -0.400 e. The zero-order chi connectivity index (χ0) is 16.5. The lowest BCUT2D eigenvalue weighted by Crippen LogP contribution is -2.38. The van der Waals surface area contributed by atoms with E-state index in [1.54, 1.807) is 0 Å². The fourth-order valence-electron chi connectivity index (χ4n) is 3.98. The highest BCUT2D eigenvalue weighted by Gasteiger charge is 2.39. The van der Waals surface area contributed by atoms with E-state index in [0.717, 1.165) is 11.8 Å². The summed E-state index contributed by atoms with van der Waals surface area (Å²) < 4.78 is 11.6. The molecule has 0 aliphatic heterocycles. The van der Waals surface area contributed by atoms with Gasteiger partial charge >= 0.3 is 9.28 Å². The summed E-state index contributed by atoms with van der Waals surface area (Å²) in [6.07, 6.45) is 7.64. The van der Waals surface area contributed by atoms with Crippen molar-refractivity contribution >= 4 is 9.28 Å². The molecule has 0 aromatic carbocycles. The van der Waals surface area contributed by atoms with Gasteiger partial charge in [-0.15, -0.1) is 0 Å². The molecule has 3 atom stereocenters. The molecular weight excluding hydrogens is 276 g/mol. The van der Waals surface area contributed by atoms with Crippen LogP contribution >= 0.6 is 0 Å². The maximum Gasteiger partial charge on any atom is 0.324 e. The second-order valence-electron chi connectivity index (χ2n) is 7.51. The van der Waals surface area contributed by atoms with Crippen molar-refractivity contribution in [1.29, 1.82) is 0 Å². The fraction of sp³-hybridized carbons (Fsp3) is 1.00. The van der Waals surface area contributed by atoms with Gasteiger partial charge in [0.15, 0.2) is 0 Å². The molecule has 2 nitrogen and oxygen atoms in total. The predicted molar refractivity (Wildman–Crippen MR) is 96.1 cm³/mol. The van der Waals surface area contributed by atoms with E-state index in [2.05, 4.69) is 41.5 Å². The fourth-order valence-corrected chi connectivity index (χ4v) is 6.34. The molecule has 0 rings (SSSR count). The highest BCUT2D eigenvalue weighted by atomic mass is 28.3. The molecule has 0 amide bonds. The molecule has 0 bridgehead atoms. The molecular formula is C18H40O2Si. The van der Waals surface area contributed by atoms with E-state index in [4.69, 9.17) is 8.85 Å². The third-order valence-electron chi connectivity index (χ3n) is 4.84. The molecule has 0 fully saturated rings. The second kappa shape index (κ2) is 10.8. The van der Waals surface area contributed by atoms with E-state index in [0.29, 0.717) is 11.0 Å². The Morgan fingerprint density at radius 2 is 1.29 bits per heavy atom. The number of rotatable bonds is 11. The molecule has 3 heteroatoms. The smallest absolute Gasteiger partial charge is 0.324 e. The third-order valence-corrected chi connectivity index (χ3v) is 7.29. The number of hydrogen-bond acceptors (Lipinski definition) is 2. The zero-order valence-corrected chi connectivity index (χ0v) is 17.0. The van der Waals surface area contributed by atoms with Gasteiger partial charge in [-0.05, 0) is 30.1 Å². The summed E-state index contributed by atoms with van der Waals surface area (Å²) in [5.41, 5.74) is 1.00. The van der Waals surface area contributed by atoms with Gasteiger partial charge in [0, 0.05) is 19.8 Å². The van der Waals surface area contributed by atoms with Crippen molar-refractivity contribution in [1.82, 2.24) is 0 Å². The van der Waals surface area contributed by atoms with E-state index in [9.17, 15) is 0 Å². The van der Waals surface area contributed by atoms with E-state index in [1.807, 2.05) is 14.2 Å². The van der Waals surface area contributed by atoms with Crippen LogP contribution in [0, 0.1) is 17.3 Å². The number of hydrogen-bond donors (Lipinski definition) is 0. The lowest BCUT2D eigenvalue weighted by molar-refractivity contribution is 0.113. The van der Waals surface area contributed by atoms with Gasteiger partial charge in [-0.2, -0.15) is 0 Å². The van der Waals surface area contributed by atoms with Gasteiger partial charge in [-0.1, -0.05) is 67.2 Å². The van der Waals surface area contributed by atoms with Crippen molar-refractivity contribution in [2.75, 3.05) is 14.2 Å². The Labute approximate surface area is 135 Å². The Bertz CT molecular complexity index is 246. The van der Waals surface area contributed by atoms with Gasteiger partial charge in [0.05, 0.1) is 0 Å². The van der Waals surface area contributed by atoms with Crippen LogP contribution in [0.15, 0.2) is 0 Å². The van der Waals surface area contributed by atoms with Gasteiger partial charge in [-0.25, -0.2) is 0 Å². The Morgan fingerprint density at radius 3 is 1.62 bits per heavy atom. The van der Waals surface area contributed by atoms with Crippen LogP contribution in [0.25, 0.3) is 0 Å². The monoisotopic (exact) mass is 316 g/mol. The molecule has 3 unspecified atom stereocenters. The molecule has 0 aliphatic rings. The molecule has 0 saturated carbocycles. The maximum absolute atomic E-state index is 5.80. The summed E-state index contributed by atoms with van der Waals surface area (Å²) in [5, 5.41) is 0. The van der Waals surface area contributed by atoms with Crippen molar-refractivity contribution < 1.29 is 8.85 Å². The normalized spacial score (nSPS) is 17.0. The topological polar surface area (TPSA) is 18.5 Å². The minimum absolute atomic E-state index is 0.363. The maximum atomic E-state index is 5.80. The van der Waals surface area contributed by atoms with Gasteiger partial charge in [-0.3, -0.25) is 0 Å². The standard InChI is InChI=1S/C18H40O2Si/c1-9-12-15(16(13-10-2)18(4,5)6)17(14-11-3)21(19-7)20-8/h15-17,21H,9-14H2,1-8H3. The Morgan fingerprint density at radius 1 is 0.810 bits per heavy atom.